The van der Waals surface area contributed by atoms with Crippen LogP contribution in [0.15, 0.2) is 48.5 Å². The number of rotatable bonds is 4. The van der Waals surface area contributed by atoms with E-state index in [0.29, 0.717) is 6.54 Å². The molecule has 108 valence electrons. The summed E-state index contributed by atoms with van der Waals surface area (Å²) in [6.45, 7) is 0.604. The first-order valence-electron chi connectivity index (χ1n) is 7.24. The van der Waals surface area contributed by atoms with Crippen molar-refractivity contribution in [2.45, 2.75) is 24.7 Å². The van der Waals surface area contributed by atoms with E-state index < -0.39 is 0 Å². The van der Waals surface area contributed by atoms with Crippen LogP contribution in [0.4, 0.5) is 0 Å². The minimum atomic E-state index is 0.0850. The maximum absolute atomic E-state index is 12.3. The van der Waals surface area contributed by atoms with Crippen LogP contribution in [0.5, 0.6) is 0 Å². The third-order valence-electron chi connectivity index (χ3n) is 4.03. The summed E-state index contributed by atoms with van der Waals surface area (Å²) in [7, 11) is 0. The van der Waals surface area contributed by atoms with Gasteiger partial charge in [0.15, 0.2) is 0 Å². The van der Waals surface area contributed by atoms with E-state index >= 15 is 0 Å². The molecule has 2 aromatic carbocycles. The number of carbonyl (C=O) groups is 1. The molecule has 0 aromatic heterocycles. The molecule has 21 heavy (non-hydrogen) atoms. The zero-order valence-electron chi connectivity index (χ0n) is 11.8. The summed E-state index contributed by atoms with van der Waals surface area (Å²) in [4.78, 5) is 12.3. The minimum absolute atomic E-state index is 0.0850. The average Bonchev–Trinajstić information content (AvgIpc) is 2.97. The Hall–Kier alpha value is -1.61. The Morgan fingerprint density at radius 2 is 1.71 bits per heavy atom. The van der Waals surface area contributed by atoms with Crippen LogP contribution in [0.1, 0.15) is 22.3 Å². The van der Waals surface area contributed by atoms with Gasteiger partial charge in [0, 0.05) is 17.8 Å². The number of amides is 1. The molecule has 0 heterocycles. The van der Waals surface area contributed by atoms with Crippen molar-refractivity contribution in [2.24, 2.45) is 5.92 Å². The first kappa shape index (κ1) is 14.3. The topological polar surface area (TPSA) is 29.1 Å². The molecule has 0 bridgehead atoms. The van der Waals surface area contributed by atoms with Gasteiger partial charge in [0.2, 0.25) is 5.91 Å². The molecule has 0 radical (unpaired) electrons. The number of halogens is 1. The number of hydrogen-bond acceptors (Lipinski definition) is 1. The third kappa shape index (κ3) is 3.35. The lowest BCUT2D eigenvalue weighted by molar-refractivity contribution is -0.124. The maximum Gasteiger partial charge on any atom is 0.224 e. The fourth-order valence-corrected chi connectivity index (χ4v) is 3.25. The van der Waals surface area contributed by atoms with Gasteiger partial charge in [-0.15, -0.1) is 0 Å². The molecule has 1 aliphatic carbocycles. The molecule has 0 atom stereocenters. The molecule has 0 saturated carbocycles. The van der Waals surface area contributed by atoms with Crippen LogP contribution in [0.3, 0.4) is 0 Å². The fraction of sp³-hybridized carbons (Fsp3) is 0.278. The van der Waals surface area contributed by atoms with Gasteiger partial charge < -0.3 is 5.32 Å². The molecule has 0 saturated heterocycles. The Kier molecular flexibility index (Phi) is 4.39. The van der Waals surface area contributed by atoms with Gasteiger partial charge in [0.05, 0.1) is 0 Å². The highest BCUT2D eigenvalue weighted by Gasteiger charge is 2.26. The van der Waals surface area contributed by atoms with E-state index in [2.05, 4.69) is 51.6 Å². The zero-order chi connectivity index (χ0) is 14.7. The molecular formula is C18H18BrNO. The molecule has 2 aromatic rings. The largest absolute Gasteiger partial charge is 0.352 e. The van der Waals surface area contributed by atoms with Crippen LogP contribution < -0.4 is 5.32 Å². The Morgan fingerprint density at radius 1 is 1.05 bits per heavy atom. The molecule has 0 unspecified atom stereocenters. The van der Waals surface area contributed by atoms with Gasteiger partial charge in [-0.25, -0.2) is 0 Å². The maximum atomic E-state index is 12.3. The summed E-state index contributed by atoms with van der Waals surface area (Å²) in [5, 5.41) is 3.91. The normalized spacial score (nSPS) is 14.0. The lowest BCUT2D eigenvalue weighted by Gasteiger charge is -2.11. The van der Waals surface area contributed by atoms with Crippen LogP contribution in [-0.2, 0) is 29.5 Å². The van der Waals surface area contributed by atoms with E-state index in [1.807, 2.05) is 18.2 Å². The highest BCUT2D eigenvalue weighted by molar-refractivity contribution is 9.08. The predicted octanol–water partition coefficient (Wildman–Crippen LogP) is 3.61. The number of nitrogens with one attached hydrogen (secondary N) is 1. The van der Waals surface area contributed by atoms with Crippen LogP contribution in [0, 0.1) is 5.92 Å². The SMILES string of the molecule is O=C(NCc1cccc(CBr)c1)C1Cc2ccccc2C1. The molecule has 0 spiro atoms. The Morgan fingerprint density at radius 3 is 2.38 bits per heavy atom. The second kappa shape index (κ2) is 6.44. The van der Waals surface area contributed by atoms with E-state index in [1.54, 1.807) is 0 Å². The summed E-state index contributed by atoms with van der Waals surface area (Å²) in [5.41, 5.74) is 5.02. The minimum Gasteiger partial charge on any atom is -0.352 e. The van der Waals surface area contributed by atoms with Crippen molar-refractivity contribution < 1.29 is 4.79 Å². The molecule has 3 heteroatoms. The van der Waals surface area contributed by atoms with Crippen molar-refractivity contribution in [3.8, 4) is 0 Å². The summed E-state index contributed by atoms with van der Waals surface area (Å²) in [6, 6.07) is 16.6. The lowest BCUT2D eigenvalue weighted by Crippen LogP contribution is -2.30. The summed E-state index contributed by atoms with van der Waals surface area (Å²) in [6.07, 6.45) is 1.73. The second-order valence-corrected chi connectivity index (χ2v) is 6.11. The fourth-order valence-electron chi connectivity index (χ4n) is 2.90. The molecule has 2 nitrogen and oxygen atoms in total. The summed E-state index contributed by atoms with van der Waals surface area (Å²) in [5.74, 6) is 0.247. The number of benzene rings is 2. The van der Waals surface area contributed by atoms with E-state index in [1.165, 1.54) is 16.7 Å². The second-order valence-electron chi connectivity index (χ2n) is 5.55. The molecule has 1 amide bonds. The van der Waals surface area contributed by atoms with Crippen LogP contribution in [0.25, 0.3) is 0 Å². The molecular weight excluding hydrogens is 326 g/mol. The summed E-state index contributed by atoms with van der Waals surface area (Å²) < 4.78 is 0. The highest BCUT2D eigenvalue weighted by Crippen LogP contribution is 2.26. The zero-order valence-corrected chi connectivity index (χ0v) is 13.4. The number of hydrogen-bond donors (Lipinski definition) is 1. The highest BCUT2D eigenvalue weighted by atomic mass is 79.9. The van der Waals surface area contributed by atoms with Crippen molar-refractivity contribution in [1.29, 1.82) is 0 Å². The van der Waals surface area contributed by atoms with Gasteiger partial charge in [-0.3, -0.25) is 4.79 Å². The van der Waals surface area contributed by atoms with Gasteiger partial charge in [0.25, 0.3) is 0 Å². The number of alkyl halides is 1. The lowest BCUT2D eigenvalue weighted by atomic mass is 10.1. The quantitative estimate of drug-likeness (QED) is 0.844. The molecule has 1 N–H and O–H groups in total. The van der Waals surface area contributed by atoms with Gasteiger partial charge in [-0.1, -0.05) is 64.5 Å². The van der Waals surface area contributed by atoms with Crippen molar-refractivity contribution in [3.05, 3.63) is 70.8 Å². The third-order valence-corrected chi connectivity index (χ3v) is 4.68. The molecule has 0 fully saturated rings. The number of fused-ring (bicyclic) bond motifs is 1. The Balaban J connectivity index is 1.58. The van der Waals surface area contributed by atoms with Crippen molar-refractivity contribution in [3.63, 3.8) is 0 Å². The van der Waals surface area contributed by atoms with Crippen molar-refractivity contribution in [1.82, 2.24) is 5.32 Å². The van der Waals surface area contributed by atoms with E-state index in [0.717, 1.165) is 23.7 Å². The van der Waals surface area contributed by atoms with E-state index in [4.69, 9.17) is 0 Å². The Labute approximate surface area is 133 Å². The first-order chi connectivity index (χ1) is 10.3. The molecule has 0 aliphatic heterocycles. The molecule has 3 rings (SSSR count). The van der Waals surface area contributed by atoms with E-state index in [-0.39, 0.29) is 11.8 Å². The van der Waals surface area contributed by atoms with Gasteiger partial charge in [-0.2, -0.15) is 0 Å². The van der Waals surface area contributed by atoms with Crippen LogP contribution in [0.2, 0.25) is 0 Å². The average molecular weight is 344 g/mol. The van der Waals surface area contributed by atoms with Crippen molar-refractivity contribution >= 4 is 21.8 Å². The van der Waals surface area contributed by atoms with Gasteiger partial charge in [-0.05, 0) is 35.1 Å². The molecule has 1 aliphatic rings. The predicted molar refractivity (Wildman–Crippen MR) is 88.3 cm³/mol. The van der Waals surface area contributed by atoms with Crippen LogP contribution >= 0.6 is 15.9 Å². The standard InChI is InChI=1S/C18H18BrNO/c19-11-13-4-3-5-14(8-13)12-20-18(21)17-9-15-6-1-2-7-16(15)10-17/h1-8,17H,9-12H2,(H,20,21). The van der Waals surface area contributed by atoms with Crippen LogP contribution in [-0.4, -0.2) is 5.91 Å². The van der Waals surface area contributed by atoms with Gasteiger partial charge in [0.1, 0.15) is 0 Å². The smallest absolute Gasteiger partial charge is 0.224 e. The summed E-state index contributed by atoms with van der Waals surface area (Å²) >= 11 is 3.45. The van der Waals surface area contributed by atoms with Gasteiger partial charge >= 0.3 is 0 Å². The number of carbonyl (C=O) groups excluding carboxylic acids is 1. The van der Waals surface area contributed by atoms with Crippen molar-refractivity contribution in [2.75, 3.05) is 0 Å². The Bertz CT molecular complexity index is 628. The van der Waals surface area contributed by atoms with E-state index in [9.17, 15) is 4.79 Å². The monoisotopic (exact) mass is 343 g/mol. The first-order valence-corrected chi connectivity index (χ1v) is 8.36.